The summed E-state index contributed by atoms with van der Waals surface area (Å²) >= 11 is 0. The third-order valence-corrected chi connectivity index (χ3v) is 4.00. The van der Waals surface area contributed by atoms with Crippen molar-refractivity contribution < 1.29 is 15.0 Å². The molecule has 24 heavy (non-hydrogen) atoms. The number of phenols is 1. The van der Waals surface area contributed by atoms with E-state index < -0.39 is 12.0 Å². The first kappa shape index (κ1) is 18.0. The van der Waals surface area contributed by atoms with Gasteiger partial charge >= 0.3 is 0 Å². The summed E-state index contributed by atoms with van der Waals surface area (Å²) in [6, 6.07) is 14.7. The van der Waals surface area contributed by atoms with Crippen LogP contribution in [0.4, 0.5) is 0 Å². The van der Waals surface area contributed by atoms with Crippen LogP contribution >= 0.6 is 0 Å². The third-order valence-electron chi connectivity index (χ3n) is 4.00. The molecule has 2 rings (SSSR count). The zero-order valence-corrected chi connectivity index (χ0v) is 13.9. The number of carbonyl (C=O) groups excluding carboxylic acids is 1. The summed E-state index contributed by atoms with van der Waals surface area (Å²) in [4.78, 5) is 13.3. The van der Waals surface area contributed by atoms with Gasteiger partial charge in [0.2, 0.25) is 0 Å². The molecule has 0 heterocycles. The molecule has 0 radical (unpaired) electrons. The second-order valence-electron chi connectivity index (χ2n) is 6.01. The van der Waals surface area contributed by atoms with Crippen LogP contribution < -0.4 is 5.73 Å². The number of likely N-dealkylation sites (N-methyl/N-ethyl adjacent to an activating group) is 1. The lowest BCUT2D eigenvalue weighted by molar-refractivity contribution is 0.0997. The van der Waals surface area contributed by atoms with Crippen LogP contribution in [0.2, 0.25) is 0 Å². The molecule has 0 fully saturated rings. The van der Waals surface area contributed by atoms with E-state index in [2.05, 4.69) is 12.1 Å². The maximum Gasteiger partial charge on any atom is 0.252 e. The van der Waals surface area contributed by atoms with Crippen molar-refractivity contribution in [3.8, 4) is 5.75 Å². The number of amides is 1. The van der Waals surface area contributed by atoms with E-state index in [1.54, 1.807) is 6.07 Å². The zero-order valence-electron chi connectivity index (χ0n) is 13.9. The Morgan fingerprint density at radius 1 is 1.21 bits per heavy atom. The van der Waals surface area contributed by atoms with E-state index >= 15 is 0 Å². The molecule has 1 atom stereocenters. The molecule has 5 heteroatoms. The minimum Gasteiger partial charge on any atom is -0.507 e. The van der Waals surface area contributed by atoms with Gasteiger partial charge in [-0.1, -0.05) is 36.4 Å². The Labute approximate surface area is 142 Å². The van der Waals surface area contributed by atoms with Gasteiger partial charge in [0.25, 0.3) is 5.91 Å². The Bertz CT molecular complexity index is 674. The molecule has 0 saturated heterocycles. The summed E-state index contributed by atoms with van der Waals surface area (Å²) in [6.45, 7) is 1.30. The maximum atomic E-state index is 11.3. The molecule has 0 unspecified atom stereocenters. The summed E-state index contributed by atoms with van der Waals surface area (Å²) in [6.07, 6.45) is 1.24. The summed E-state index contributed by atoms with van der Waals surface area (Å²) in [7, 11) is 1.95. The van der Waals surface area contributed by atoms with Crippen LogP contribution in [-0.2, 0) is 6.42 Å². The second kappa shape index (κ2) is 8.47. The average molecular weight is 328 g/mol. The number of nitrogens with zero attached hydrogens (tertiary/aromatic N) is 1. The van der Waals surface area contributed by atoms with Crippen LogP contribution in [0.1, 0.15) is 34.0 Å². The van der Waals surface area contributed by atoms with E-state index in [9.17, 15) is 15.0 Å². The lowest BCUT2D eigenvalue weighted by Crippen LogP contribution is -2.26. The Balaban J connectivity index is 1.86. The Morgan fingerprint density at radius 3 is 2.58 bits per heavy atom. The fraction of sp³-hybridized carbons (Fsp3) is 0.316. The molecular formula is C19H24N2O3. The number of benzene rings is 2. The number of nitrogens with two attached hydrogens (primary N) is 1. The highest BCUT2D eigenvalue weighted by molar-refractivity contribution is 5.95. The number of rotatable bonds is 8. The fourth-order valence-corrected chi connectivity index (χ4v) is 2.65. The molecular weight excluding hydrogens is 304 g/mol. The van der Waals surface area contributed by atoms with E-state index in [4.69, 9.17) is 5.73 Å². The van der Waals surface area contributed by atoms with Crippen molar-refractivity contribution in [3.63, 3.8) is 0 Å². The van der Waals surface area contributed by atoms with Gasteiger partial charge in [-0.2, -0.15) is 0 Å². The molecule has 5 nitrogen and oxygen atoms in total. The van der Waals surface area contributed by atoms with E-state index in [1.807, 2.05) is 30.1 Å². The monoisotopic (exact) mass is 328 g/mol. The number of primary amides is 1. The number of hydrogen-bond acceptors (Lipinski definition) is 4. The topological polar surface area (TPSA) is 86.8 Å². The predicted octanol–water partition coefficient (Wildman–Crippen LogP) is 2.09. The van der Waals surface area contributed by atoms with Crippen molar-refractivity contribution in [2.75, 3.05) is 20.1 Å². The largest absolute Gasteiger partial charge is 0.507 e. The molecule has 0 bridgehead atoms. The quantitative estimate of drug-likeness (QED) is 0.692. The van der Waals surface area contributed by atoms with Crippen LogP contribution in [0.5, 0.6) is 5.75 Å². The standard InChI is InChI=1S/C19H24N2O3/c1-21(11-5-8-14-6-3-2-4-7-14)13-18(23)15-9-10-17(22)16(12-15)19(20)24/h2-4,6-7,9-10,12,18,22-23H,5,8,11,13H2,1H3,(H2,20,24)/t18-/m0/s1. The van der Waals surface area contributed by atoms with Crippen molar-refractivity contribution in [2.24, 2.45) is 5.73 Å². The molecule has 0 aliphatic rings. The summed E-state index contributed by atoms with van der Waals surface area (Å²) in [5.74, 6) is -0.882. The van der Waals surface area contributed by atoms with Gasteiger partial charge < -0.3 is 20.8 Å². The number of aliphatic hydroxyl groups is 1. The Hall–Kier alpha value is -2.37. The van der Waals surface area contributed by atoms with Crippen LogP contribution in [-0.4, -0.2) is 41.2 Å². The number of carbonyl (C=O) groups is 1. The summed E-state index contributed by atoms with van der Waals surface area (Å²) in [5, 5.41) is 19.9. The van der Waals surface area contributed by atoms with Crippen LogP contribution in [0.15, 0.2) is 48.5 Å². The first-order valence-corrected chi connectivity index (χ1v) is 8.00. The van der Waals surface area contributed by atoms with Crippen molar-refractivity contribution in [1.29, 1.82) is 0 Å². The van der Waals surface area contributed by atoms with Gasteiger partial charge in [-0.25, -0.2) is 0 Å². The molecule has 128 valence electrons. The molecule has 2 aromatic rings. The predicted molar refractivity (Wildman–Crippen MR) is 93.8 cm³/mol. The number of aliphatic hydroxyl groups excluding tert-OH is 1. The van der Waals surface area contributed by atoms with Gasteiger partial charge in [0.15, 0.2) is 0 Å². The highest BCUT2D eigenvalue weighted by atomic mass is 16.3. The lowest BCUT2D eigenvalue weighted by atomic mass is 10.0. The van der Waals surface area contributed by atoms with Crippen molar-refractivity contribution in [2.45, 2.75) is 18.9 Å². The highest BCUT2D eigenvalue weighted by Gasteiger charge is 2.15. The van der Waals surface area contributed by atoms with E-state index in [1.165, 1.54) is 17.7 Å². The summed E-state index contributed by atoms with van der Waals surface area (Å²) in [5.41, 5.74) is 7.11. The van der Waals surface area contributed by atoms with Gasteiger partial charge in [-0.15, -0.1) is 0 Å². The first-order valence-electron chi connectivity index (χ1n) is 8.00. The SMILES string of the molecule is CN(CCCc1ccccc1)C[C@H](O)c1ccc(O)c(C(N)=O)c1. The van der Waals surface area contributed by atoms with Crippen LogP contribution in [0, 0.1) is 0 Å². The summed E-state index contributed by atoms with van der Waals surface area (Å²) < 4.78 is 0. The number of aromatic hydroxyl groups is 1. The molecule has 0 aromatic heterocycles. The molecule has 0 saturated carbocycles. The second-order valence-corrected chi connectivity index (χ2v) is 6.01. The average Bonchev–Trinajstić information content (AvgIpc) is 2.55. The van der Waals surface area contributed by atoms with Crippen LogP contribution in [0.3, 0.4) is 0 Å². The molecule has 2 aromatic carbocycles. The molecule has 0 aliphatic carbocycles. The lowest BCUT2D eigenvalue weighted by Gasteiger charge is -2.21. The smallest absolute Gasteiger partial charge is 0.252 e. The first-order chi connectivity index (χ1) is 11.5. The van der Waals surface area contributed by atoms with E-state index in [0.29, 0.717) is 12.1 Å². The highest BCUT2D eigenvalue weighted by Crippen LogP contribution is 2.22. The minimum atomic E-state index is -0.745. The van der Waals surface area contributed by atoms with Crippen molar-refractivity contribution in [1.82, 2.24) is 4.90 Å². The van der Waals surface area contributed by atoms with Crippen molar-refractivity contribution >= 4 is 5.91 Å². The fourth-order valence-electron chi connectivity index (χ4n) is 2.65. The Morgan fingerprint density at radius 2 is 1.92 bits per heavy atom. The molecule has 1 amide bonds. The van der Waals surface area contributed by atoms with Gasteiger partial charge in [-0.05, 0) is 49.7 Å². The Kier molecular flexibility index (Phi) is 6.35. The van der Waals surface area contributed by atoms with E-state index in [-0.39, 0.29) is 11.3 Å². The molecule has 0 spiro atoms. The third kappa shape index (κ3) is 5.08. The van der Waals surface area contributed by atoms with Gasteiger partial charge in [-0.3, -0.25) is 4.79 Å². The maximum absolute atomic E-state index is 11.3. The van der Waals surface area contributed by atoms with E-state index in [0.717, 1.165) is 19.4 Å². The number of hydrogen-bond donors (Lipinski definition) is 3. The van der Waals surface area contributed by atoms with Gasteiger partial charge in [0.1, 0.15) is 5.75 Å². The van der Waals surface area contributed by atoms with Gasteiger partial charge in [0, 0.05) is 6.54 Å². The molecule has 4 N–H and O–H groups in total. The van der Waals surface area contributed by atoms with Crippen LogP contribution in [0.25, 0.3) is 0 Å². The zero-order chi connectivity index (χ0) is 17.5. The van der Waals surface area contributed by atoms with Crippen molar-refractivity contribution in [3.05, 3.63) is 65.2 Å². The normalized spacial score (nSPS) is 12.3. The number of aryl methyl sites for hydroxylation is 1. The minimum absolute atomic E-state index is 0.0262. The van der Waals surface area contributed by atoms with Gasteiger partial charge in [0.05, 0.1) is 11.7 Å². The molecule has 0 aliphatic heterocycles.